The third-order valence-corrected chi connectivity index (χ3v) is 3.18. The zero-order chi connectivity index (χ0) is 16.9. The zero-order valence-electron chi connectivity index (χ0n) is 11.4. The summed E-state index contributed by atoms with van der Waals surface area (Å²) in [6.07, 6.45) is -17.8. The summed E-state index contributed by atoms with van der Waals surface area (Å²) in [6, 6.07) is 0. The molecule has 0 saturated heterocycles. The Morgan fingerprint density at radius 1 is 0.524 bits per heavy atom. The molecule has 7 unspecified atom stereocenters. The van der Waals surface area contributed by atoms with Crippen LogP contribution in [0.25, 0.3) is 0 Å². The fourth-order valence-corrected chi connectivity index (χ4v) is 1.63. The van der Waals surface area contributed by atoms with E-state index in [1.165, 1.54) is 0 Å². The summed E-state index contributed by atoms with van der Waals surface area (Å²) >= 11 is 0. The molecule has 0 rings (SSSR count). The summed E-state index contributed by atoms with van der Waals surface area (Å²) < 4.78 is 0. The molecular weight excluding hydrogens is 292 g/mol. The molecule has 10 N–H and O–H groups in total. The highest BCUT2D eigenvalue weighted by atomic mass is 16.4. The first-order valence-electron chi connectivity index (χ1n) is 6.29. The predicted octanol–water partition coefficient (Wildman–Crippen LogP) is -5.75. The molecule has 21 heavy (non-hydrogen) atoms. The highest BCUT2D eigenvalue weighted by Gasteiger charge is 2.41. The molecule has 0 aromatic heterocycles. The summed E-state index contributed by atoms with van der Waals surface area (Å²) in [5, 5.41) is 93.1. The van der Waals surface area contributed by atoms with E-state index in [-0.39, 0.29) is 0 Å². The molecule has 0 heterocycles. The second kappa shape index (κ2) is 8.90. The van der Waals surface area contributed by atoms with Crippen LogP contribution < -0.4 is 0 Å². The minimum absolute atomic E-state index is 0.924. The van der Waals surface area contributed by atoms with Crippen molar-refractivity contribution in [3.8, 4) is 0 Å². The lowest BCUT2D eigenvalue weighted by molar-refractivity contribution is -0.185. The van der Waals surface area contributed by atoms with Crippen molar-refractivity contribution in [2.75, 3.05) is 6.61 Å². The fourth-order valence-electron chi connectivity index (χ4n) is 1.63. The third-order valence-electron chi connectivity index (χ3n) is 3.18. The fraction of sp³-hybridized carbons (Fsp3) is 1.00. The zero-order valence-corrected chi connectivity index (χ0v) is 11.4. The molecule has 0 aromatic rings. The Morgan fingerprint density at radius 3 is 1.10 bits per heavy atom. The summed E-state index contributed by atoms with van der Waals surface area (Å²) in [6.45, 7) is 0.187. The van der Waals surface area contributed by atoms with Gasteiger partial charge in [-0.2, -0.15) is 0 Å². The van der Waals surface area contributed by atoms with Crippen LogP contribution in [0.2, 0.25) is 0 Å². The monoisotopic (exact) mass is 316 g/mol. The summed E-state index contributed by atoms with van der Waals surface area (Å²) in [5.74, 6) is 0. The van der Waals surface area contributed by atoms with Gasteiger partial charge in [0, 0.05) is 0 Å². The minimum atomic E-state index is -2.20. The first kappa shape index (κ1) is 20.6. The first-order valence-corrected chi connectivity index (χ1v) is 6.29. The minimum Gasteiger partial charge on any atom is -0.394 e. The van der Waals surface area contributed by atoms with Crippen molar-refractivity contribution in [3.05, 3.63) is 0 Å². The van der Waals surface area contributed by atoms with Gasteiger partial charge < -0.3 is 51.1 Å². The van der Waals surface area contributed by atoms with Gasteiger partial charge in [0.1, 0.15) is 48.8 Å². The summed E-state index contributed by atoms with van der Waals surface area (Å²) in [7, 11) is 0. The average Bonchev–Trinajstić information content (AvgIpc) is 2.48. The maximum absolute atomic E-state index is 9.59. The molecule has 0 amide bonds. The van der Waals surface area contributed by atoms with Crippen LogP contribution in [0.4, 0.5) is 0 Å². The molecular formula is C11H24O10. The van der Waals surface area contributed by atoms with Crippen molar-refractivity contribution in [3.63, 3.8) is 0 Å². The molecule has 0 spiro atoms. The van der Waals surface area contributed by atoms with Gasteiger partial charge in [0.05, 0.1) is 12.7 Å². The molecule has 0 bridgehead atoms. The Balaban J connectivity index is 4.79. The molecule has 0 aliphatic carbocycles. The summed E-state index contributed by atoms with van der Waals surface area (Å²) in [5.41, 5.74) is 0. The van der Waals surface area contributed by atoms with Crippen LogP contribution in [0.5, 0.6) is 0 Å². The Labute approximate surface area is 120 Å². The maximum atomic E-state index is 9.59. The Bertz CT molecular complexity index is 288. The number of aliphatic hydroxyl groups is 10. The van der Waals surface area contributed by atoms with Crippen molar-refractivity contribution in [1.82, 2.24) is 0 Å². The number of rotatable bonds is 9. The van der Waals surface area contributed by atoms with E-state index in [0.717, 1.165) is 6.92 Å². The van der Waals surface area contributed by atoms with Gasteiger partial charge in [-0.25, -0.2) is 0 Å². The smallest absolute Gasteiger partial charge is 0.111 e. The number of hydrogen-bond donors (Lipinski definition) is 10. The van der Waals surface area contributed by atoms with Gasteiger partial charge in [0.15, 0.2) is 0 Å². The van der Waals surface area contributed by atoms with Gasteiger partial charge in [-0.15, -0.1) is 0 Å². The number of aliphatic hydroxyl groups excluding tert-OH is 10. The average molecular weight is 316 g/mol. The maximum Gasteiger partial charge on any atom is 0.111 e. The topological polar surface area (TPSA) is 202 Å². The van der Waals surface area contributed by atoms with E-state index < -0.39 is 61.5 Å². The molecule has 10 nitrogen and oxygen atoms in total. The molecule has 0 radical (unpaired) electrons. The van der Waals surface area contributed by atoms with E-state index in [2.05, 4.69) is 0 Å². The van der Waals surface area contributed by atoms with E-state index in [4.69, 9.17) is 15.3 Å². The SMILES string of the molecule is CC(O)C(O)C(O)C(O)[C@H](O)C(O)C(O)C(O)[C@H](O)CO. The standard InChI is InChI=1S/C11H24O10/c1-3(13)5(15)7(17)9(19)11(21)10(20)8(18)6(16)4(14)2-12/h3-21H,2H2,1H3/t3?,4-,5?,6?,7?,8?,9?,10?,11+/m1/s1. The van der Waals surface area contributed by atoms with Crippen LogP contribution >= 0.6 is 0 Å². The molecule has 10 heteroatoms. The molecule has 0 aliphatic heterocycles. The van der Waals surface area contributed by atoms with E-state index in [9.17, 15) is 35.7 Å². The van der Waals surface area contributed by atoms with Crippen LogP contribution in [0.1, 0.15) is 6.92 Å². The van der Waals surface area contributed by atoms with Crippen molar-refractivity contribution < 1.29 is 51.1 Å². The van der Waals surface area contributed by atoms with Crippen LogP contribution in [0, 0.1) is 0 Å². The van der Waals surface area contributed by atoms with E-state index in [1.54, 1.807) is 0 Å². The van der Waals surface area contributed by atoms with Gasteiger partial charge in [0.25, 0.3) is 0 Å². The Morgan fingerprint density at radius 2 is 0.810 bits per heavy atom. The lowest BCUT2D eigenvalue weighted by atomic mass is 9.92. The van der Waals surface area contributed by atoms with Gasteiger partial charge in [-0.1, -0.05) is 0 Å². The van der Waals surface area contributed by atoms with Gasteiger partial charge in [0.2, 0.25) is 0 Å². The highest BCUT2D eigenvalue weighted by molar-refractivity contribution is 4.91. The van der Waals surface area contributed by atoms with Crippen LogP contribution in [0.3, 0.4) is 0 Å². The van der Waals surface area contributed by atoms with Crippen molar-refractivity contribution in [2.24, 2.45) is 0 Å². The van der Waals surface area contributed by atoms with Gasteiger partial charge in [-0.3, -0.25) is 0 Å². The molecule has 0 fully saturated rings. The molecule has 0 aromatic carbocycles. The van der Waals surface area contributed by atoms with Crippen molar-refractivity contribution in [1.29, 1.82) is 0 Å². The van der Waals surface area contributed by atoms with E-state index in [0.29, 0.717) is 0 Å². The second-order valence-corrected chi connectivity index (χ2v) is 4.92. The molecule has 0 aliphatic rings. The van der Waals surface area contributed by atoms with Crippen LogP contribution in [0.15, 0.2) is 0 Å². The lowest BCUT2D eigenvalue weighted by Gasteiger charge is -2.33. The predicted molar refractivity (Wildman–Crippen MR) is 66.8 cm³/mol. The Hall–Kier alpha value is -0.400. The lowest BCUT2D eigenvalue weighted by Crippen LogP contribution is -2.57. The molecule has 9 atom stereocenters. The van der Waals surface area contributed by atoms with Crippen molar-refractivity contribution >= 4 is 0 Å². The first-order chi connectivity index (χ1) is 9.56. The summed E-state index contributed by atoms with van der Waals surface area (Å²) in [4.78, 5) is 0. The highest BCUT2D eigenvalue weighted by Crippen LogP contribution is 2.15. The Kier molecular flexibility index (Phi) is 8.73. The third kappa shape index (κ3) is 5.38. The second-order valence-electron chi connectivity index (χ2n) is 4.92. The van der Waals surface area contributed by atoms with Gasteiger partial charge in [-0.05, 0) is 6.92 Å². The van der Waals surface area contributed by atoms with Crippen LogP contribution in [-0.4, -0.2) is 113 Å². The normalized spacial score (nSPS) is 25.3. The molecule has 128 valence electrons. The largest absolute Gasteiger partial charge is 0.394 e. The van der Waals surface area contributed by atoms with Crippen molar-refractivity contribution in [2.45, 2.75) is 61.9 Å². The number of hydrogen-bond acceptors (Lipinski definition) is 10. The van der Waals surface area contributed by atoms with E-state index >= 15 is 0 Å². The van der Waals surface area contributed by atoms with E-state index in [1.807, 2.05) is 0 Å². The quantitative estimate of drug-likeness (QED) is 0.195. The van der Waals surface area contributed by atoms with Gasteiger partial charge >= 0.3 is 0 Å². The van der Waals surface area contributed by atoms with Crippen LogP contribution in [-0.2, 0) is 0 Å². The molecule has 0 saturated carbocycles.